The highest BCUT2D eigenvalue weighted by molar-refractivity contribution is 5.77. The molecule has 9 nitrogen and oxygen atoms in total. The molecule has 2 atom stereocenters. The average molecular weight is 563 g/mol. The Labute approximate surface area is 234 Å². The van der Waals surface area contributed by atoms with Gasteiger partial charge in [-0.05, 0) is 43.5 Å². The summed E-state index contributed by atoms with van der Waals surface area (Å²) in [6.07, 6.45) is 0.747. The Morgan fingerprint density at radius 2 is 1.75 bits per heavy atom. The molecular formula is C29H40F2N4O5. The number of rotatable bonds is 11. The van der Waals surface area contributed by atoms with E-state index in [1.807, 2.05) is 71.0 Å². The lowest BCUT2D eigenvalue weighted by atomic mass is 10.0. The van der Waals surface area contributed by atoms with Gasteiger partial charge in [0.05, 0.1) is 5.70 Å². The molecule has 0 aromatic heterocycles. The van der Waals surface area contributed by atoms with Crippen LogP contribution in [0.25, 0.3) is 5.70 Å². The number of hydrogen-bond donors (Lipinski definition) is 5. The van der Waals surface area contributed by atoms with Gasteiger partial charge in [0, 0.05) is 30.4 Å². The van der Waals surface area contributed by atoms with Crippen LogP contribution in [0.15, 0.2) is 54.2 Å². The lowest BCUT2D eigenvalue weighted by Crippen LogP contribution is -2.32. The number of carboxylic acids is 1. The predicted octanol–water partition coefficient (Wildman–Crippen LogP) is 6.00. The van der Waals surface area contributed by atoms with Crippen molar-refractivity contribution in [3.05, 3.63) is 70.9 Å². The van der Waals surface area contributed by atoms with E-state index in [1.165, 1.54) is 0 Å². The summed E-state index contributed by atoms with van der Waals surface area (Å²) < 4.78 is 29.0. The van der Waals surface area contributed by atoms with Crippen LogP contribution in [0.1, 0.15) is 69.8 Å². The third kappa shape index (κ3) is 10.6. The van der Waals surface area contributed by atoms with E-state index in [0.29, 0.717) is 24.2 Å². The van der Waals surface area contributed by atoms with E-state index in [9.17, 15) is 23.2 Å². The molecule has 220 valence electrons. The lowest BCUT2D eigenvalue weighted by Gasteiger charge is -2.20. The van der Waals surface area contributed by atoms with Gasteiger partial charge in [-0.3, -0.25) is 14.9 Å². The monoisotopic (exact) mass is 562 g/mol. The van der Waals surface area contributed by atoms with Crippen molar-refractivity contribution in [3.8, 4) is 0 Å². The maximum Gasteiger partial charge on any atom is 0.412 e. The maximum atomic E-state index is 12.6. The number of amides is 2. The minimum Gasteiger partial charge on any atom is -0.481 e. The summed E-state index contributed by atoms with van der Waals surface area (Å²) in [5.74, 6) is -5.70. The fourth-order valence-electron chi connectivity index (χ4n) is 3.65. The molecule has 2 aromatic rings. The predicted molar refractivity (Wildman–Crippen MR) is 151 cm³/mol. The van der Waals surface area contributed by atoms with Crippen LogP contribution in [0.4, 0.5) is 19.3 Å². The van der Waals surface area contributed by atoms with Crippen molar-refractivity contribution in [2.45, 2.75) is 65.9 Å². The van der Waals surface area contributed by atoms with Gasteiger partial charge in [0.1, 0.15) is 12.0 Å². The van der Waals surface area contributed by atoms with Gasteiger partial charge in [-0.1, -0.05) is 63.6 Å². The highest BCUT2D eigenvalue weighted by Crippen LogP contribution is 2.48. The standard InChI is InChI=1S/C23H30N4O3.C4H4F2O2.C2H6/c1-5-8-21(22(27-24-4)18-11-13-19(14-12-18)25-15-28)26-23(29)30-17(3)20-10-7-6-9-16(20)2;5-4(6)1-2(4)3(7)8;1-2/h6-7,9-15,17,24,27H,5,8H2,1-4H3,(H,25,28)(H,26,29);2H,1H2,(H,7,8);1-2H3/b22-21+;;. The fourth-order valence-corrected chi connectivity index (χ4v) is 3.65. The molecule has 1 saturated carbocycles. The highest BCUT2D eigenvalue weighted by Gasteiger charge is 2.61. The van der Waals surface area contributed by atoms with Crippen LogP contribution in [0.5, 0.6) is 0 Å². The molecule has 1 aliphatic rings. The van der Waals surface area contributed by atoms with E-state index in [4.69, 9.17) is 9.84 Å². The normalized spacial score (nSPS) is 15.8. The summed E-state index contributed by atoms with van der Waals surface area (Å²) in [6, 6.07) is 15.2. The third-order valence-electron chi connectivity index (χ3n) is 5.74. The number of alkyl carbamates (subject to hydrolysis) is 1. The van der Waals surface area contributed by atoms with Crippen molar-refractivity contribution in [1.29, 1.82) is 0 Å². The molecule has 0 bridgehead atoms. The van der Waals surface area contributed by atoms with E-state index >= 15 is 0 Å². The molecule has 0 radical (unpaired) electrons. The van der Waals surface area contributed by atoms with Gasteiger partial charge in [0.15, 0.2) is 0 Å². The van der Waals surface area contributed by atoms with Gasteiger partial charge in [0.2, 0.25) is 6.41 Å². The first kappa shape index (κ1) is 34.0. The number of anilines is 1. The zero-order valence-corrected chi connectivity index (χ0v) is 23.8. The number of carboxylic acid groups (broad SMARTS) is 1. The van der Waals surface area contributed by atoms with Crippen LogP contribution in [0, 0.1) is 12.8 Å². The van der Waals surface area contributed by atoms with Crippen LogP contribution in [0.2, 0.25) is 0 Å². The number of alkyl halides is 2. The summed E-state index contributed by atoms with van der Waals surface area (Å²) in [5, 5.41) is 13.4. The van der Waals surface area contributed by atoms with Crippen LogP contribution >= 0.6 is 0 Å². The Bertz CT molecular complexity index is 1140. The van der Waals surface area contributed by atoms with Crippen LogP contribution in [0.3, 0.4) is 0 Å². The number of benzene rings is 2. The molecule has 0 saturated heterocycles. The van der Waals surface area contributed by atoms with Crippen molar-refractivity contribution >= 4 is 29.9 Å². The maximum absolute atomic E-state index is 12.6. The molecule has 2 amide bonds. The van der Waals surface area contributed by atoms with E-state index in [0.717, 1.165) is 28.8 Å². The number of hydrogen-bond acceptors (Lipinski definition) is 6. The van der Waals surface area contributed by atoms with Gasteiger partial charge >= 0.3 is 12.1 Å². The average Bonchev–Trinajstić information content (AvgIpc) is 3.58. The number of nitrogens with one attached hydrogen (secondary N) is 4. The second kappa shape index (κ2) is 16.9. The van der Waals surface area contributed by atoms with Gasteiger partial charge in [-0.25, -0.2) is 19.0 Å². The number of carbonyl (C=O) groups excluding carboxylic acids is 2. The summed E-state index contributed by atoms with van der Waals surface area (Å²) >= 11 is 0. The molecule has 3 rings (SSSR count). The smallest absolute Gasteiger partial charge is 0.412 e. The fraction of sp³-hybridized carbons (Fsp3) is 0.414. The summed E-state index contributed by atoms with van der Waals surface area (Å²) in [5.41, 5.74) is 11.1. The molecule has 5 N–H and O–H groups in total. The largest absolute Gasteiger partial charge is 0.481 e. The second-order valence-electron chi connectivity index (χ2n) is 8.70. The number of halogens is 2. The minimum atomic E-state index is -2.91. The molecule has 2 aromatic carbocycles. The first-order valence-electron chi connectivity index (χ1n) is 13.1. The first-order valence-corrected chi connectivity index (χ1v) is 13.1. The summed E-state index contributed by atoms with van der Waals surface area (Å²) in [4.78, 5) is 33.0. The molecule has 1 fully saturated rings. The van der Waals surface area contributed by atoms with Crippen LogP contribution in [-0.2, 0) is 14.3 Å². The van der Waals surface area contributed by atoms with Crippen molar-refractivity contribution in [2.75, 3.05) is 12.4 Å². The van der Waals surface area contributed by atoms with Crippen molar-refractivity contribution in [2.24, 2.45) is 5.92 Å². The number of allylic oxidation sites excluding steroid dienone is 1. The van der Waals surface area contributed by atoms with E-state index in [2.05, 4.69) is 21.5 Å². The number of aryl methyl sites for hydroxylation is 1. The molecule has 1 aliphatic carbocycles. The van der Waals surface area contributed by atoms with Gasteiger partial charge in [-0.15, -0.1) is 0 Å². The number of ether oxygens (including phenoxy) is 1. The molecule has 0 aliphatic heterocycles. The zero-order chi connectivity index (χ0) is 30.3. The Morgan fingerprint density at radius 1 is 1.15 bits per heavy atom. The quantitative estimate of drug-likeness (QED) is 0.168. The van der Waals surface area contributed by atoms with Gasteiger partial charge in [-0.2, -0.15) is 0 Å². The third-order valence-corrected chi connectivity index (χ3v) is 5.74. The number of carbonyl (C=O) groups is 3. The van der Waals surface area contributed by atoms with Crippen molar-refractivity contribution in [3.63, 3.8) is 0 Å². The van der Waals surface area contributed by atoms with Crippen LogP contribution in [-0.4, -0.2) is 36.5 Å². The zero-order valence-electron chi connectivity index (χ0n) is 23.8. The second-order valence-corrected chi connectivity index (χ2v) is 8.70. The lowest BCUT2D eigenvalue weighted by molar-refractivity contribution is -0.140. The summed E-state index contributed by atoms with van der Waals surface area (Å²) in [7, 11) is 1.75. The molecular weight excluding hydrogens is 522 g/mol. The topological polar surface area (TPSA) is 129 Å². The summed E-state index contributed by atoms with van der Waals surface area (Å²) in [6.45, 7) is 9.89. The van der Waals surface area contributed by atoms with Gasteiger partial charge in [0.25, 0.3) is 5.92 Å². The van der Waals surface area contributed by atoms with Crippen LogP contribution < -0.4 is 21.5 Å². The highest BCUT2D eigenvalue weighted by atomic mass is 19.3. The molecule has 0 heterocycles. The SMILES string of the molecule is CC.CCC/C(NC(=O)OC(C)c1ccccc1C)=C(\NNC)c1ccc(NC=O)cc1.O=C(O)C1CC1(F)F. The van der Waals surface area contributed by atoms with E-state index in [1.54, 1.807) is 19.2 Å². The first-order chi connectivity index (χ1) is 19.0. The van der Waals surface area contributed by atoms with Crippen molar-refractivity contribution in [1.82, 2.24) is 16.2 Å². The van der Waals surface area contributed by atoms with E-state index < -0.39 is 30.3 Å². The Balaban J connectivity index is 0.000000675. The number of aliphatic carboxylic acids is 1. The molecule has 40 heavy (non-hydrogen) atoms. The molecule has 0 spiro atoms. The van der Waals surface area contributed by atoms with Gasteiger partial charge < -0.3 is 20.6 Å². The van der Waals surface area contributed by atoms with E-state index in [-0.39, 0.29) is 6.10 Å². The Hall–Kier alpha value is -3.99. The molecule has 11 heteroatoms. The Kier molecular flexibility index (Phi) is 14.3. The van der Waals surface area contributed by atoms with Crippen molar-refractivity contribution < 1.29 is 33.0 Å². The number of hydrazine groups is 1. The molecule has 2 unspecified atom stereocenters. The Morgan fingerprint density at radius 3 is 2.20 bits per heavy atom. The minimum absolute atomic E-state index is 0.372.